The second kappa shape index (κ2) is 6.69. The lowest BCUT2D eigenvalue weighted by atomic mass is 9.79. The maximum atomic E-state index is 12.3. The van der Waals surface area contributed by atoms with Crippen molar-refractivity contribution >= 4 is 24.3 Å². The van der Waals surface area contributed by atoms with Crippen molar-refractivity contribution in [1.82, 2.24) is 9.21 Å². The van der Waals surface area contributed by atoms with E-state index in [-0.39, 0.29) is 28.9 Å². The molecule has 5 heteroatoms. The quantitative estimate of drug-likeness (QED) is 0.576. The van der Waals surface area contributed by atoms with E-state index in [9.17, 15) is 9.59 Å². The zero-order chi connectivity index (χ0) is 16.4. The summed E-state index contributed by atoms with van der Waals surface area (Å²) in [6.07, 6.45) is 4.89. The molecule has 4 nitrogen and oxygen atoms in total. The maximum absolute atomic E-state index is 12.3. The first kappa shape index (κ1) is 18.5. The molecule has 0 radical (unpaired) electrons. The van der Waals surface area contributed by atoms with Crippen molar-refractivity contribution in [2.45, 2.75) is 77.9 Å². The van der Waals surface area contributed by atoms with Gasteiger partial charge in [-0.3, -0.25) is 14.5 Å². The molecule has 1 aliphatic heterocycles. The van der Waals surface area contributed by atoms with Crippen LogP contribution in [0.2, 0.25) is 0 Å². The van der Waals surface area contributed by atoms with E-state index in [1.54, 1.807) is 11.9 Å². The van der Waals surface area contributed by atoms with E-state index < -0.39 is 0 Å². The van der Waals surface area contributed by atoms with Crippen LogP contribution in [-0.2, 0) is 9.59 Å². The van der Waals surface area contributed by atoms with Crippen LogP contribution in [0.1, 0.15) is 60.8 Å². The number of hydrogen-bond acceptors (Lipinski definition) is 4. The molecule has 0 saturated carbocycles. The Hall–Kier alpha value is -0.550. The van der Waals surface area contributed by atoms with Crippen LogP contribution in [0.5, 0.6) is 0 Å². The van der Waals surface area contributed by atoms with Crippen LogP contribution in [-0.4, -0.2) is 44.9 Å². The van der Waals surface area contributed by atoms with Gasteiger partial charge in [0.2, 0.25) is 12.3 Å². The largest absolute Gasteiger partial charge is 0.282 e. The standard InChI is InChI=1S/C16H30N2O2S/c1-12(2)8-14(20)17(11-19)13-9-15(3,4)18(21-7)16(5,6)10-13/h11-13H,8-10H2,1-7H3. The molecule has 0 bridgehead atoms. The van der Waals surface area contributed by atoms with E-state index in [1.165, 1.54) is 4.90 Å². The summed E-state index contributed by atoms with van der Waals surface area (Å²) in [5.74, 6) is 0.224. The van der Waals surface area contributed by atoms with Crippen LogP contribution >= 0.6 is 11.9 Å². The van der Waals surface area contributed by atoms with Crippen molar-refractivity contribution in [2.75, 3.05) is 6.26 Å². The van der Waals surface area contributed by atoms with E-state index in [0.29, 0.717) is 6.42 Å². The van der Waals surface area contributed by atoms with E-state index in [2.05, 4.69) is 38.3 Å². The highest BCUT2D eigenvalue weighted by molar-refractivity contribution is 7.96. The lowest BCUT2D eigenvalue weighted by Crippen LogP contribution is -2.62. The minimum Gasteiger partial charge on any atom is -0.282 e. The van der Waals surface area contributed by atoms with Crippen molar-refractivity contribution in [3.63, 3.8) is 0 Å². The summed E-state index contributed by atoms with van der Waals surface area (Å²) in [5, 5.41) is 0. The fraction of sp³-hybridized carbons (Fsp3) is 0.875. The third-order valence-electron chi connectivity index (χ3n) is 4.13. The van der Waals surface area contributed by atoms with Crippen molar-refractivity contribution in [2.24, 2.45) is 5.92 Å². The Morgan fingerprint density at radius 1 is 1.29 bits per heavy atom. The maximum Gasteiger partial charge on any atom is 0.229 e. The molecule has 0 aromatic rings. The SMILES string of the molecule is CSN1C(C)(C)CC(N(C=O)C(=O)CC(C)C)CC1(C)C. The van der Waals surface area contributed by atoms with Gasteiger partial charge in [-0.15, -0.1) is 0 Å². The monoisotopic (exact) mass is 314 g/mol. The summed E-state index contributed by atoms with van der Waals surface area (Å²) in [4.78, 5) is 25.3. The number of carbonyl (C=O) groups is 2. The molecular formula is C16H30N2O2S. The van der Waals surface area contributed by atoms with E-state index >= 15 is 0 Å². The topological polar surface area (TPSA) is 40.6 Å². The van der Waals surface area contributed by atoms with Gasteiger partial charge in [-0.05, 0) is 52.7 Å². The molecule has 0 atom stereocenters. The van der Waals surface area contributed by atoms with Gasteiger partial charge in [0.1, 0.15) is 0 Å². The number of nitrogens with zero attached hydrogens (tertiary/aromatic N) is 2. The van der Waals surface area contributed by atoms with Gasteiger partial charge in [-0.1, -0.05) is 25.8 Å². The molecule has 0 unspecified atom stereocenters. The minimum atomic E-state index is -0.0504. The Balaban J connectivity index is 2.98. The second-order valence-electron chi connectivity index (χ2n) is 7.67. The van der Waals surface area contributed by atoms with Crippen molar-refractivity contribution in [3.8, 4) is 0 Å². The third kappa shape index (κ3) is 4.22. The number of piperidine rings is 1. The Morgan fingerprint density at radius 2 is 1.76 bits per heavy atom. The van der Waals surface area contributed by atoms with Crippen LogP contribution in [0.4, 0.5) is 0 Å². The van der Waals surface area contributed by atoms with Gasteiger partial charge in [-0.2, -0.15) is 0 Å². The number of hydrogen-bond donors (Lipinski definition) is 0. The zero-order valence-electron chi connectivity index (χ0n) is 14.5. The highest BCUT2D eigenvalue weighted by Gasteiger charge is 2.47. The molecule has 0 spiro atoms. The molecule has 2 amide bonds. The molecule has 1 rings (SSSR count). The molecule has 0 aliphatic carbocycles. The fourth-order valence-electron chi connectivity index (χ4n) is 3.70. The summed E-state index contributed by atoms with van der Waals surface area (Å²) in [7, 11) is 0. The Kier molecular flexibility index (Phi) is 5.90. The molecule has 1 aliphatic rings. The molecule has 1 heterocycles. The second-order valence-corrected chi connectivity index (χ2v) is 8.40. The molecule has 21 heavy (non-hydrogen) atoms. The van der Waals surface area contributed by atoms with Gasteiger partial charge < -0.3 is 0 Å². The predicted octanol–water partition coefficient (Wildman–Crippen LogP) is 3.32. The van der Waals surface area contributed by atoms with Gasteiger partial charge >= 0.3 is 0 Å². The van der Waals surface area contributed by atoms with Gasteiger partial charge in [0.15, 0.2) is 0 Å². The lowest BCUT2D eigenvalue weighted by Gasteiger charge is -2.55. The van der Waals surface area contributed by atoms with Crippen molar-refractivity contribution < 1.29 is 9.59 Å². The molecule has 1 fully saturated rings. The van der Waals surface area contributed by atoms with Crippen LogP contribution in [0, 0.1) is 5.92 Å². The highest BCUT2D eigenvalue weighted by Crippen LogP contribution is 2.43. The highest BCUT2D eigenvalue weighted by atomic mass is 32.2. The third-order valence-corrected chi connectivity index (χ3v) is 5.48. The number of rotatable bonds is 5. The average molecular weight is 314 g/mol. The van der Waals surface area contributed by atoms with Gasteiger partial charge in [0.25, 0.3) is 0 Å². The molecule has 1 saturated heterocycles. The van der Waals surface area contributed by atoms with Crippen molar-refractivity contribution in [3.05, 3.63) is 0 Å². The lowest BCUT2D eigenvalue weighted by molar-refractivity contribution is -0.144. The first-order valence-corrected chi connectivity index (χ1v) is 8.84. The Bertz CT molecular complexity index is 376. The smallest absolute Gasteiger partial charge is 0.229 e. The normalized spacial score (nSPS) is 22.3. The molecule has 0 N–H and O–H groups in total. The van der Waals surface area contributed by atoms with Gasteiger partial charge in [0, 0.05) is 23.5 Å². The van der Waals surface area contributed by atoms with Crippen LogP contribution in [0.15, 0.2) is 0 Å². The Labute approximate surface area is 133 Å². The van der Waals surface area contributed by atoms with E-state index in [1.807, 2.05) is 13.8 Å². The summed E-state index contributed by atoms with van der Waals surface area (Å²) in [6.45, 7) is 12.8. The average Bonchev–Trinajstić information content (AvgIpc) is 2.25. The summed E-state index contributed by atoms with van der Waals surface area (Å²) in [6, 6.07) is -0.0119. The fourth-order valence-corrected chi connectivity index (χ4v) is 4.84. The number of amides is 2. The van der Waals surface area contributed by atoms with Crippen molar-refractivity contribution in [1.29, 1.82) is 0 Å². The van der Waals surface area contributed by atoms with Crippen LogP contribution in [0.3, 0.4) is 0 Å². The van der Waals surface area contributed by atoms with Crippen LogP contribution < -0.4 is 0 Å². The van der Waals surface area contributed by atoms with Gasteiger partial charge in [-0.25, -0.2) is 4.31 Å². The molecule has 0 aromatic carbocycles. The van der Waals surface area contributed by atoms with Gasteiger partial charge in [0.05, 0.1) is 0 Å². The minimum absolute atomic E-state index is 0.0119. The predicted molar refractivity (Wildman–Crippen MR) is 88.9 cm³/mol. The summed E-state index contributed by atoms with van der Waals surface area (Å²) in [5.41, 5.74) is -0.101. The Morgan fingerprint density at radius 3 is 2.10 bits per heavy atom. The molecule has 122 valence electrons. The summed E-state index contributed by atoms with van der Waals surface area (Å²) < 4.78 is 2.40. The molecule has 0 aromatic heterocycles. The molecular weight excluding hydrogens is 284 g/mol. The zero-order valence-corrected chi connectivity index (χ0v) is 15.3. The summed E-state index contributed by atoms with van der Waals surface area (Å²) >= 11 is 1.74. The first-order chi connectivity index (χ1) is 9.55. The van der Waals surface area contributed by atoms with E-state index in [0.717, 1.165) is 19.3 Å². The van der Waals surface area contributed by atoms with Crippen LogP contribution in [0.25, 0.3) is 0 Å². The number of carbonyl (C=O) groups excluding carboxylic acids is 2. The first-order valence-electron chi connectivity index (χ1n) is 7.66. The van der Waals surface area contributed by atoms with E-state index in [4.69, 9.17) is 0 Å². The number of imide groups is 1.